The second kappa shape index (κ2) is 8.87. The molecule has 2 aliphatic rings. The van der Waals surface area contributed by atoms with Gasteiger partial charge in [-0.2, -0.15) is 5.10 Å². The van der Waals surface area contributed by atoms with Crippen LogP contribution in [0.15, 0.2) is 24.4 Å². The number of rotatable bonds is 7. The van der Waals surface area contributed by atoms with E-state index in [0.29, 0.717) is 37.8 Å². The van der Waals surface area contributed by atoms with E-state index < -0.39 is 5.92 Å². The minimum atomic E-state index is -2.68. The molecule has 0 amide bonds. The highest BCUT2D eigenvalue weighted by Crippen LogP contribution is 2.36. The van der Waals surface area contributed by atoms with Crippen molar-refractivity contribution in [2.45, 2.75) is 24.9 Å². The Morgan fingerprint density at radius 3 is 2.70 bits per heavy atom. The molecule has 2 aliphatic heterocycles. The van der Waals surface area contributed by atoms with Gasteiger partial charge in [0.2, 0.25) is 0 Å². The molecule has 3 heterocycles. The lowest BCUT2D eigenvalue weighted by Gasteiger charge is -2.32. The van der Waals surface area contributed by atoms with Crippen molar-refractivity contribution in [1.82, 2.24) is 20.0 Å². The Bertz CT molecular complexity index is 855. The first kappa shape index (κ1) is 21.0. The average Bonchev–Trinajstić information content (AvgIpc) is 3.31. The van der Waals surface area contributed by atoms with E-state index in [0.717, 1.165) is 29.9 Å². The Morgan fingerprint density at radius 1 is 1.20 bits per heavy atom. The molecule has 2 saturated heterocycles. The van der Waals surface area contributed by atoms with Crippen molar-refractivity contribution in [2.24, 2.45) is 0 Å². The smallest absolute Gasteiger partial charge is 0.262 e. The molecule has 30 heavy (non-hydrogen) atoms. The number of hydrogen-bond acceptors (Lipinski definition) is 6. The molecule has 9 heteroatoms. The number of hydrogen-bond donors (Lipinski definition) is 1. The number of alkyl halides is 2. The molecule has 0 unspecified atom stereocenters. The summed E-state index contributed by atoms with van der Waals surface area (Å²) >= 11 is 0. The largest absolute Gasteiger partial charge is 0.493 e. The van der Waals surface area contributed by atoms with Crippen LogP contribution in [-0.4, -0.2) is 85.6 Å². The van der Waals surface area contributed by atoms with Gasteiger partial charge in [0.05, 0.1) is 45.9 Å². The Morgan fingerprint density at radius 2 is 1.97 bits per heavy atom. The van der Waals surface area contributed by atoms with Gasteiger partial charge in [0, 0.05) is 49.8 Å². The molecule has 0 radical (unpaired) electrons. The number of aromatic amines is 1. The summed E-state index contributed by atoms with van der Waals surface area (Å²) in [4.78, 5) is 4.09. The Balaban J connectivity index is 1.53. The van der Waals surface area contributed by atoms with Crippen LogP contribution in [0.4, 0.5) is 8.78 Å². The molecule has 1 aromatic carbocycles. The normalized spacial score (nSPS) is 22.3. The lowest BCUT2D eigenvalue weighted by Crippen LogP contribution is -2.44. The van der Waals surface area contributed by atoms with Gasteiger partial charge >= 0.3 is 0 Å². The van der Waals surface area contributed by atoms with E-state index >= 15 is 0 Å². The molecule has 7 nitrogen and oxygen atoms in total. The third-order valence-electron chi connectivity index (χ3n) is 5.82. The lowest BCUT2D eigenvalue weighted by atomic mass is 10.1. The van der Waals surface area contributed by atoms with Gasteiger partial charge in [-0.3, -0.25) is 14.9 Å². The third-order valence-corrected chi connectivity index (χ3v) is 5.82. The molecule has 0 saturated carbocycles. The Hall–Kier alpha value is -2.23. The molecular weight excluding hydrogens is 394 g/mol. The van der Waals surface area contributed by atoms with Crippen LogP contribution >= 0.6 is 0 Å². The van der Waals surface area contributed by atoms with E-state index in [4.69, 9.17) is 14.2 Å². The summed E-state index contributed by atoms with van der Waals surface area (Å²) in [6.07, 6.45) is 1.60. The van der Waals surface area contributed by atoms with Crippen molar-refractivity contribution in [1.29, 1.82) is 0 Å². The highest BCUT2D eigenvalue weighted by atomic mass is 19.3. The van der Waals surface area contributed by atoms with Crippen molar-refractivity contribution in [3.63, 3.8) is 0 Å². The van der Waals surface area contributed by atoms with Crippen molar-refractivity contribution in [2.75, 3.05) is 53.6 Å². The van der Waals surface area contributed by atoms with Crippen LogP contribution in [0.2, 0.25) is 0 Å². The number of benzene rings is 1. The number of halogens is 2. The zero-order valence-corrected chi connectivity index (χ0v) is 17.4. The van der Waals surface area contributed by atoms with Crippen LogP contribution in [0.3, 0.4) is 0 Å². The van der Waals surface area contributed by atoms with Crippen LogP contribution in [-0.2, 0) is 11.3 Å². The zero-order valence-electron chi connectivity index (χ0n) is 17.4. The van der Waals surface area contributed by atoms with Crippen LogP contribution in [0, 0.1) is 0 Å². The number of morpholine rings is 1. The summed E-state index contributed by atoms with van der Waals surface area (Å²) in [5.74, 6) is -1.44. The second-order valence-corrected chi connectivity index (χ2v) is 7.87. The van der Waals surface area contributed by atoms with Gasteiger partial charge in [0.15, 0.2) is 11.5 Å². The van der Waals surface area contributed by atoms with Crippen molar-refractivity contribution >= 4 is 0 Å². The maximum absolute atomic E-state index is 14.3. The monoisotopic (exact) mass is 422 g/mol. The predicted molar refractivity (Wildman–Crippen MR) is 108 cm³/mol. The first-order chi connectivity index (χ1) is 14.5. The summed E-state index contributed by atoms with van der Waals surface area (Å²) in [6.45, 7) is 3.70. The maximum atomic E-state index is 14.3. The average molecular weight is 422 g/mol. The van der Waals surface area contributed by atoms with Crippen LogP contribution in [0.5, 0.6) is 11.5 Å². The quantitative estimate of drug-likeness (QED) is 0.740. The van der Waals surface area contributed by atoms with E-state index in [2.05, 4.69) is 15.1 Å². The SMILES string of the molecule is COc1ccc(-c2[nH]ncc2CN2CC(F)(F)C[C@H]2CN2CCOCC2)cc1OC. The van der Waals surface area contributed by atoms with E-state index in [1.807, 2.05) is 23.1 Å². The summed E-state index contributed by atoms with van der Waals surface area (Å²) in [7, 11) is 3.17. The molecule has 2 fully saturated rings. The molecular formula is C21H28F2N4O3. The van der Waals surface area contributed by atoms with Gasteiger partial charge in [-0.25, -0.2) is 8.78 Å². The second-order valence-electron chi connectivity index (χ2n) is 7.87. The standard InChI is InChI=1S/C21H28F2N4O3/c1-28-18-4-3-15(9-19(18)29-2)20-16(11-24-25-20)12-27-14-21(22,23)10-17(27)13-26-5-7-30-8-6-26/h3-4,9,11,17H,5-8,10,12-14H2,1-2H3,(H,24,25)/t17-/m0/s1. The molecule has 1 aromatic heterocycles. The number of nitrogens with one attached hydrogen (secondary N) is 1. The van der Waals surface area contributed by atoms with Gasteiger partial charge in [0.25, 0.3) is 5.92 Å². The highest BCUT2D eigenvalue weighted by molar-refractivity contribution is 5.66. The number of nitrogens with zero attached hydrogens (tertiary/aromatic N) is 3. The minimum absolute atomic E-state index is 0.117. The fraction of sp³-hybridized carbons (Fsp3) is 0.571. The summed E-state index contributed by atoms with van der Waals surface area (Å²) in [6, 6.07) is 5.39. The third kappa shape index (κ3) is 4.58. The molecule has 1 N–H and O–H groups in total. The molecule has 1 atom stereocenters. The number of ether oxygens (including phenoxy) is 3. The maximum Gasteiger partial charge on any atom is 0.262 e. The van der Waals surface area contributed by atoms with Crippen LogP contribution in [0.25, 0.3) is 11.3 Å². The summed E-state index contributed by atoms with van der Waals surface area (Å²) in [5.41, 5.74) is 2.55. The van der Waals surface area contributed by atoms with E-state index in [1.165, 1.54) is 0 Å². The van der Waals surface area contributed by atoms with E-state index in [-0.39, 0.29) is 19.0 Å². The first-order valence-electron chi connectivity index (χ1n) is 10.2. The lowest BCUT2D eigenvalue weighted by molar-refractivity contribution is 0.0107. The highest BCUT2D eigenvalue weighted by Gasteiger charge is 2.45. The number of aromatic nitrogens is 2. The van der Waals surface area contributed by atoms with Crippen molar-refractivity contribution in [3.8, 4) is 22.8 Å². The molecule has 164 valence electrons. The molecule has 4 rings (SSSR count). The van der Waals surface area contributed by atoms with Gasteiger partial charge in [-0.05, 0) is 18.2 Å². The Kier molecular flexibility index (Phi) is 6.21. The number of likely N-dealkylation sites (tertiary alicyclic amines) is 1. The molecule has 0 bridgehead atoms. The number of methoxy groups -OCH3 is 2. The van der Waals surface area contributed by atoms with Crippen LogP contribution in [0.1, 0.15) is 12.0 Å². The molecule has 0 spiro atoms. The topological polar surface area (TPSA) is 62.9 Å². The number of H-pyrrole nitrogens is 1. The Labute approximate surface area is 174 Å². The molecule has 2 aromatic rings. The van der Waals surface area contributed by atoms with Gasteiger partial charge in [-0.1, -0.05) is 0 Å². The van der Waals surface area contributed by atoms with Crippen LogP contribution < -0.4 is 9.47 Å². The summed E-state index contributed by atoms with van der Waals surface area (Å²) in [5, 5.41) is 7.19. The van der Waals surface area contributed by atoms with E-state index in [9.17, 15) is 8.78 Å². The first-order valence-corrected chi connectivity index (χ1v) is 10.2. The minimum Gasteiger partial charge on any atom is -0.493 e. The van der Waals surface area contributed by atoms with E-state index in [1.54, 1.807) is 20.4 Å². The fourth-order valence-corrected chi connectivity index (χ4v) is 4.30. The van der Waals surface area contributed by atoms with Crippen molar-refractivity contribution < 1.29 is 23.0 Å². The fourth-order valence-electron chi connectivity index (χ4n) is 4.30. The summed E-state index contributed by atoms with van der Waals surface area (Å²) < 4.78 is 44.7. The zero-order chi connectivity index (χ0) is 21.1. The van der Waals surface area contributed by atoms with Crippen molar-refractivity contribution in [3.05, 3.63) is 30.0 Å². The molecule has 0 aliphatic carbocycles. The van der Waals surface area contributed by atoms with Gasteiger partial charge < -0.3 is 14.2 Å². The van der Waals surface area contributed by atoms with Gasteiger partial charge in [0.1, 0.15) is 0 Å². The van der Waals surface area contributed by atoms with Gasteiger partial charge in [-0.15, -0.1) is 0 Å². The predicted octanol–water partition coefficient (Wildman–Crippen LogP) is 2.64.